The number of benzene rings is 1. The summed E-state index contributed by atoms with van der Waals surface area (Å²) < 4.78 is 0. The fourth-order valence-electron chi connectivity index (χ4n) is 1.37. The topological polar surface area (TPSA) is 63.3 Å². The standard InChI is InChI=1S/C12H15NO2.ClH/c1-9(8-12(14)15)11-4-2-10(3-5-11)6-7-13;/h2-5,8H,6-7,13H2,1H3,(H,14,15);1H. The molecule has 0 atom stereocenters. The number of carbonyl (C=O) groups is 1. The summed E-state index contributed by atoms with van der Waals surface area (Å²) in [5, 5.41) is 8.59. The number of hydrogen-bond donors (Lipinski definition) is 2. The minimum absolute atomic E-state index is 0. The van der Waals surface area contributed by atoms with E-state index in [1.807, 2.05) is 24.3 Å². The van der Waals surface area contributed by atoms with Gasteiger partial charge < -0.3 is 10.8 Å². The van der Waals surface area contributed by atoms with Crippen molar-refractivity contribution in [2.45, 2.75) is 13.3 Å². The third-order valence-corrected chi connectivity index (χ3v) is 2.18. The minimum atomic E-state index is -0.918. The minimum Gasteiger partial charge on any atom is -0.478 e. The van der Waals surface area contributed by atoms with Crippen LogP contribution in [-0.4, -0.2) is 17.6 Å². The van der Waals surface area contributed by atoms with Crippen molar-refractivity contribution in [1.29, 1.82) is 0 Å². The van der Waals surface area contributed by atoms with Crippen molar-refractivity contribution in [2.24, 2.45) is 5.73 Å². The average molecular weight is 242 g/mol. The summed E-state index contributed by atoms with van der Waals surface area (Å²) in [6.45, 7) is 2.41. The molecule has 0 spiro atoms. The van der Waals surface area contributed by atoms with Gasteiger partial charge in [0.1, 0.15) is 0 Å². The molecular weight excluding hydrogens is 226 g/mol. The fourth-order valence-corrected chi connectivity index (χ4v) is 1.37. The van der Waals surface area contributed by atoms with Crippen LogP contribution in [0.25, 0.3) is 5.57 Å². The Balaban J connectivity index is 0.00000225. The number of carboxylic acid groups (broad SMARTS) is 1. The van der Waals surface area contributed by atoms with E-state index < -0.39 is 5.97 Å². The van der Waals surface area contributed by atoms with Gasteiger partial charge in [0.05, 0.1) is 0 Å². The Morgan fingerprint density at radius 3 is 2.38 bits per heavy atom. The first-order chi connectivity index (χ1) is 7.13. The molecule has 0 saturated heterocycles. The van der Waals surface area contributed by atoms with Crippen LogP contribution in [0.2, 0.25) is 0 Å². The van der Waals surface area contributed by atoms with Crippen LogP contribution in [0.15, 0.2) is 30.3 Å². The van der Waals surface area contributed by atoms with E-state index in [0.717, 1.165) is 17.6 Å². The van der Waals surface area contributed by atoms with E-state index in [0.29, 0.717) is 6.54 Å². The molecule has 0 aromatic heterocycles. The van der Waals surface area contributed by atoms with Gasteiger partial charge in [0.25, 0.3) is 0 Å². The first-order valence-electron chi connectivity index (χ1n) is 4.84. The molecule has 4 heteroatoms. The second-order valence-electron chi connectivity index (χ2n) is 3.40. The molecule has 0 fully saturated rings. The molecule has 0 radical (unpaired) electrons. The van der Waals surface area contributed by atoms with E-state index in [1.54, 1.807) is 6.92 Å². The van der Waals surface area contributed by atoms with Crippen LogP contribution >= 0.6 is 12.4 Å². The van der Waals surface area contributed by atoms with Crippen LogP contribution in [-0.2, 0) is 11.2 Å². The van der Waals surface area contributed by atoms with Gasteiger partial charge in [0.2, 0.25) is 0 Å². The monoisotopic (exact) mass is 241 g/mol. The summed E-state index contributed by atoms with van der Waals surface area (Å²) in [7, 11) is 0. The van der Waals surface area contributed by atoms with Gasteiger partial charge in [0, 0.05) is 6.08 Å². The van der Waals surface area contributed by atoms with E-state index in [-0.39, 0.29) is 12.4 Å². The number of allylic oxidation sites excluding steroid dienone is 1. The van der Waals surface area contributed by atoms with Gasteiger partial charge >= 0.3 is 5.97 Å². The predicted octanol–water partition coefficient (Wildman–Crippen LogP) is 2.10. The Kier molecular flexibility index (Phi) is 6.46. The molecule has 1 rings (SSSR count). The predicted molar refractivity (Wildman–Crippen MR) is 67.7 cm³/mol. The van der Waals surface area contributed by atoms with Crippen LogP contribution < -0.4 is 5.73 Å². The lowest BCUT2D eigenvalue weighted by atomic mass is 10.0. The quantitative estimate of drug-likeness (QED) is 0.794. The third-order valence-electron chi connectivity index (χ3n) is 2.18. The van der Waals surface area contributed by atoms with E-state index in [9.17, 15) is 4.79 Å². The molecule has 1 aromatic rings. The van der Waals surface area contributed by atoms with Crippen molar-refractivity contribution in [1.82, 2.24) is 0 Å². The zero-order chi connectivity index (χ0) is 11.3. The van der Waals surface area contributed by atoms with Gasteiger partial charge in [-0.05, 0) is 36.6 Å². The Morgan fingerprint density at radius 1 is 1.38 bits per heavy atom. The number of rotatable bonds is 4. The highest BCUT2D eigenvalue weighted by Crippen LogP contribution is 2.14. The normalized spacial score (nSPS) is 10.8. The molecule has 3 N–H and O–H groups in total. The second kappa shape index (κ2) is 7.04. The second-order valence-corrected chi connectivity index (χ2v) is 3.40. The molecule has 3 nitrogen and oxygen atoms in total. The fraction of sp³-hybridized carbons (Fsp3) is 0.250. The average Bonchev–Trinajstić information content (AvgIpc) is 2.18. The summed E-state index contributed by atoms with van der Waals surface area (Å²) in [6.07, 6.45) is 2.06. The molecule has 0 aliphatic heterocycles. The maximum atomic E-state index is 10.5. The molecule has 0 bridgehead atoms. The number of halogens is 1. The summed E-state index contributed by atoms with van der Waals surface area (Å²) in [6, 6.07) is 7.78. The molecule has 0 amide bonds. The van der Waals surface area contributed by atoms with Crippen LogP contribution in [0.3, 0.4) is 0 Å². The molecule has 88 valence electrons. The molecule has 16 heavy (non-hydrogen) atoms. The maximum absolute atomic E-state index is 10.5. The van der Waals surface area contributed by atoms with Gasteiger partial charge in [-0.1, -0.05) is 24.3 Å². The largest absolute Gasteiger partial charge is 0.478 e. The lowest BCUT2D eigenvalue weighted by molar-refractivity contribution is -0.131. The number of nitrogens with two attached hydrogens (primary N) is 1. The maximum Gasteiger partial charge on any atom is 0.328 e. The molecule has 0 saturated carbocycles. The number of aliphatic carboxylic acids is 1. The van der Waals surface area contributed by atoms with Gasteiger partial charge in [-0.2, -0.15) is 0 Å². The lowest BCUT2D eigenvalue weighted by Crippen LogP contribution is -2.02. The van der Waals surface area contributed by atoms with Crippen LogP contribution in [0, 0.1) is 0 Å². The molecule has 1 aromatic carbocycles. The van der Waals surface area contributed by atoms with Crippen molar-refractivity contribution < 1.29 is 9.90 Å². The summed E-state index contributed by atoms with van der Waals surface area (Å²) >= 11 is 0. The van der Waals surface area contributed by atoms with E-state index in [1.165, 1.54) is 11.6 Å². The van der Waals surface area contributed by atoms with E-state index in [2.05, 4.69) is 0 Å². The van der Waals surface area contributed by atoms with Crippen LogP contribution in [0.1, 0.15) is 18.1 Å². The first kappa shape index (κ1) is 14.7. The molecular formula is C12H16ClNO2. The third kappa shape index (κ3) is 4.47. The van der Waals surface area contributed by atoms with E-state index >= 15 is 0 Å². The molecule has 0 heterocycles. The highest BCUT2D eigenvalue weighted by Gasteiger charge is 1.98. The summed E-state index contributed by atoms with van der Waals surface area (Å²) in [5.41, 5.74) is 8.29. The SMILES string of the molecule is CC(=CC(=O)O)c1ccc(CCN)cc1.Cl. The summed E-state index contributed by atoms with van der Waals surface area (Å²) in [5.74, 6) is -0.918. The molecule has 0 aliphatic rings. The smallest absolute Gasteiger partial charge is 0.328 e. The molecule has 0 aliphatic carbocycles. The van der Waals surface area contributed by atoms with Crippen LogP contribution in [0.4, 0.5) is 0 Å². The van der Waals surface area contributed by atoms with Crippen molar-refractivity contribution in [2.75, 3.05) is 6.54 Å². The highest BCUT2D eigenvalue weighted by molar-refractivity contribution is 5.89. The van der Waals surface area contributed by atoms with Crippen molar-refractivity contribution in [3.63, 3.8) is 0 Å². The van der Waals surface area contributed by atoms with Crippen molar-refractivity contribution in [3.05, 3.63) is 41.5 Å². The van der Waals surface area contributed by atoms with Gasteiger partial charge in [-0.15, -0.1) is 12.4 Å². The van der Waals surface area contributed by atoms with Gasteiger partial charge in [-0.3, -0.25) is 0 Å². The van der Waals surface area contributed by atoms with Crippen molar-refractivity contribution >= 4 is 23.9 Å². The van der Waals surface area contributed by atoms with E-state index in [4.69, 9.17) is 10.8 Å². The lowest BCUT2D eigenvalue weighted by Gasteiger charge is -2.02. The molecule has 0 unspecified atom stereocenters. The van der Waals surface area contributed by atoms with Gasteiger partial charge in [-0.25, -0.2) is 4.79 Å². The highest BCUT2D eigenvalue weighted by atomic mass is 35.5. The summed E-state index contributed by atoms with van der Waals surface area (Å²) in [4.78, 5) is 10.5. The first-order valence-corrected chi connectivity index (χ1v) is 4.84. The number of carboxylic acids is 1. The number of hydrogen-bond acceptors (Lipinski definition) is 2. The van der Waals surface area contributed by atoms with Gasteiger partial charge in [0.15, 0.2) is 0 Å². The Bertz CT molecular complexity index is 371. The zero-order valence-corrected chi connectivity index (χ0v) is 9.96. The Morgan fingerprint density at radius 2 is 1.94 bits per heavy atom. The van der Waals surface area contributed by atoms with Crippen LogP contribution in [0.5, 0.6) is 0 Å². The van der Waals surface area contributed by atoms with Crippen molar-refractivity contribution in [3.8, 4) is 0 Å². The zero-order valence-electron chi connectivity index (χ0n) is 9.14. The Hall–Kier alpha value is -1.32. The Labute approximate surface area is 101 Å².